The van der Waals surface area contributed by atoms with E-state index in [4.69, 9.17) is 28.2 Å². The molecule has 0 aliphatic rings. The van der Waals surface area contributed by atoms with Gasteiger partial charge in [-0.05, 0) is 47.9 Å². The lowest BCUT2D eigenvalue weighted by Crippen LogP contribution is -2.33. The molecule has 0 spiro atoms. The quantitative estimate of drug-likeness (QED) is 0.362. The Kier molecular flexibility index (Phi) is 6.30. The molecule has 1 unspecified atom stereocenters. The Morgan fingerprint density at radius 2 is 1.68 bits per heavy atom. The van der Waals surface area contributed by atoms with Crippen LogP contribution in [-0.2, 0) is 6.54 Å². The van der Waals surface area contributed by atoms with E-state index < -0.39 is 0 Å². The van der Waals surface area contributed by atoms with Gasteiger partial charge in [-0.15, -0.1) is 0 Å². The van der Waals surface area contributed by atoms with Gasteiger partial charge in [0.25, 0.3) is 5.91 Å². The summed E-state index contributed by atoms with van der Waals surface area (Å²) in [6.07, 6.45) is 0. The van der Waals surface area contributed by atoms with Crippen molar-refractivity contribution in [3.63, 3.8) is 0 Å². The van der Waals surface area contributed by atoms with Crippen LogP contribution in [0, 0.1) is 5.92 Å². The molecule has 3 aromatic carbocycles. The normalized spacial score (nSPS) is 12.3. The highest BCUT2D eigenvalue weighted by Crippen LogP contribution is 2.29. The van der Waals surface area contributed by atoms with Gasteiger partial charge in [0.05, 0.1) is 27.1 Å². The predicted octanol–water partition coefficient (Wildman–Crippen LogP) is 6.52. The second-order valence-electron chi connectivity index (χ2n) is 7.85. The Morgan fingerprint density at radius 1 is 0.968 bits per heavy atom. The number of rotatable bonds is 6. The van der Waals surface area contributed by atoms with Crippen LogP contribution < -0.4 is 5.32 Å². The molecule has 0 radical (unpaired) electrons. The summed E-state index contributed by atoms with van der Waals surface area (Å²) in [7, 11) is 0. The number of para-hydroxylation sites is 2. The summed E-state index contributed by atoms with van der Waals surface area (Å²) < 4.78 is 2.14. The van der Waals surface area contributed by atoms with Crippen LogP contribution >= 0.6 is 23.2 Å². The average Bonchev–Trinajstić information content (AvgIpc) is 3.13. The number of aromatic nitrogens is 2. The second-order valence-corrected chi connectivity index (χ2v) is 8.67. The summed E-state index contributed by atoms with van der Waals surface area (Å²) in [6.45, 7) is 4.73. The minimum absolute atomic E-state index is 0.118. The van der Waals surface area contributed by atoms with Crippen LogP contribution in [-0.4, -0.2) is 15.5 Å². The fourth-order valence-corrected chi connectivity index (χ4v) is 3.98. The van der Waals surface area contributed by atoms with E-state index in [1.54, 1.807) is 6.07 Å². The Labute approximate surface area is 191 Å². The van der Waals surface area contributed by atoms with Crippen molar-refractivity contribution in [1.82, 2.24) is 14.9 Å². The highest BCUT2D eigenvalue weighted by molar-refractivity contribution is 6.42. The first-order valence-corrected chi connectivity index (χ1v) is 10.9. The summed E-state index contributed by atoms with van der Waals surface area (Å²) in [4.78, 5) is 17.8. The van der Waals surface area contributed by atoms with Crippen molar-refractivity contribution in [2.24, 2.45) is 5.92 Å². The smallest absolute Gasteiger partial charge is 0.251 e. The zero-order chi connectivity index (χ0) is 22.0. The molecule has 1 aromatic heterocycles. The Balaban J connectivity index is 1.76. The maximum Gasteiger partial charge on any atom is 0.251 e. The van der Waals surface area contributed by atoms with E-state index in [9.17, 15) is 4.79 Å². The monoisotopic (exact) mass is 451 g/mol. The summed E-state index contributed by atoms with van der Waals surface area (Å²) in [5.41, 5.74) is 3.52. The summed E-state index contributed by atoms with van der Waals surface area (Å²) in [5.74, 6) is 0.830. The number of hydrogen-bond donors (Lipinski definition) is 1. The number of imidazole rings is 1. The first-order chi connectivity index (χ1) is 14.9. The van der Waals surface area contributed by atoms with Crippen molar-refractivity contribution < 1.29 is 4.79 Å². The minimum Gasteiger partial charge on any atom is -0.342 e. The number of hydrogen-bond acceptors (Lipinski definition) is 2. The Hall–Kier alpha value is -2.82. The van der Waals surface area contributed by atoms with Gasteiger partial charge in [-0.1, -0.05) is 73.4 Å². The first kappa shape index (κ1) is 21.4. The molecular weight excluding hydrogens is 429 g/mol. The standard InChI is InChI=1S/C25H23Cl2N3O/c1-16(2)23(29-25(31)18-8-4-3-5-9-18)24-28-21-10-6-7-11-22(21)30(24)15-17-12-13-19(26)20(27)14-17/h3-14,16,23H,15H2,1-2H3,(H,29,31). The van der Waals surface area contributed by atoms with E-state index in [1.807, 2.05) is 66.7 Å². The largest absolute Gasteiger partial charge is 0.342 e. The predicted molar refractivity (Wildman–Crippen MR) is 127 cm³/mol. The second kappa shape index (κ2) is 9.13. The van der Waals surface area contributed by atoms with Gasteiger partial charge in [0.1, 0.15) is 5.82 Å². The molecule has 0 saturated carbocycles. The van der Waals surface area contributed by atoms with Gasteiger partial charge >= 0.3 is 0 Å². The third-order valence-corrected chi connectivity index (χ3v) is 6.02. The number of nitrogens with zero attached hydrogens (tertiary/aromatic N) is 2. The summed E-state index contributed by atoms with van der Waals surface area (Å²) >= 11 is 12.3. The summed E-state index contributed by atoms with van der Waals surface area (Å²) in [5, 5.41) is 4.23. The third-order valence-electron chi connectivity index (χ3n) is 5.28. The molecule has 158 valence electrons. The van der Waals surface area contributed by atoms with Crippen LogP contribution in [0.3, 0.4) is 0 Å². The third kappa shape index (κ3) is 4.60. The molecule has 4 rings (SSSR count). The van der Waals surface area contributed by atoms with E-state index in [-0.39, 0.29) is 17.9 Å². The first-order valence-electron chi connectivity index (χ1n) is 10.2. The number of carbonyl (C=O) groups is 1. The van der Waals surface area contributed by atoms with Crippen LogP contribution in [0.5, 0.6) is 0 Å². The van der Waals surface area contributed by atoms with Crippen LogP contribution in [0.2, 0.25) is 10.0 Å². The van der Waals surface area contributed by atoms with Crippen LogP contribution in [0.4, 0.5) is 0 Å². The number of amides is 1. The lowest BCUT2D eigenvalue weighted by Gasteiger charge is -2.23. The van der Waals surface area contributed by atoms with Gasteiger partial charge in [-0.3, -0.25) is 4.79 Å². The molecular formula is C25H23Cl2N3O. The van der Waals surface area contributed by atoms with Gasteiger partial charge in [-0.2, -0.15) is 0 Å². The number of nitrogens with one attached hydrogen (secondary N) is 1. The van der Waals surface area contributed by atoms with Crippen LogP contribution in [0.1, 0.15) is 41.6 Å². The lowest BCUT2D eigenvalue weighted by atomic mass is 10.0. The molecule has 1 heterocycles. The fourth-order valence-electron chi connectivity index (χ4n) is 3.66. The molecule has 4 aromatic rings. The minimum atomic E-state index is -0.261. The molecule has 0 aliphatic heterocycles. The van der Waals surface area contributed by atoms with E-state index in [0.29, 0.717) is 22.2 Å². The molecule has 1 N–H and O–H groups in total. The SMILES string of the molecule is CC(C)C(NC(=O)c1ccccc1)c1nc2ccccc2n1Cc1ccc(Cl)c(Cl)c1. The maximum absolute atomic E-state index is 12.9. The fraction of sp³-hybridized carbons (Fsp3) is 0.200. The zero-order valence-corrected chi connectivity index (χ0v) is 18.9. The van der Waals surface area contributed by atoms with Crippen molar-refractivity contribution in [3.8, 4) is 0 Å². The molecule has 0 bridgehead atoms. The van der Waals surface area contributed by atoms with Crippen molar-refractivity contribution in [2.45, 2.75) is 26.4 Å². The van der Waals surface area contributed by atoms with Crippen molar-refractivity contribution in [2.75, 3.05) is 0 Å². The van der Waals surface area contributed by atoms with Gasteiger partial charge < -0.3 is 9.88 Å². The van der Waals surface area contributed by atoms with Crippen molar-refractivity contribution in [3.05, 3.63) is 99.8 Å². The number of halogens is 2. The lowest BCUT2D eigenvalue weighted by molar-refractivity contribution is 0.0922. The Morgan fingerprint density at radius 3 is 2.39 bits per heavy atom. The van der Waals surface area contributed by atoms with E-state index >= 15 is 0 Å². The van der Waals surface area contributed by atoms with Crippen molar-refractivity contribution >= 4 is 40.1 Å². The van der Waals surface area contributed by atoms with Crippen LogP contribution in [0.25, 0.3) is 11.0 Å². The highest BCUT2D eigenvalue weighted by Gasteiger charge is 2.25. The topological polar surface area (TPSA) is 46.9 Å². The molecule has 0 aliphatic carbocycles. The van der Waals surface area contributed by atoms with E-state index in [0.717, 1.165) is 22.4 Å². The molecule has 4 nitrogen and oxygen atoms in total. The Bertz CT molecular complexity index is 1220. The zero-order valence-electron chi connectivity index (χ0n) is 17.3. The molecule has 0 saturated heterocycles. The van der Waals surface area contributed by atoms with Gasteiger partial charge in [0.2, 0.25) is 0 Å². The molecule has 1 atom stereocenters. The molecule has 0 fully saturated rings. The number of fused-ring (bicyclic) bond motifs is 1. The average molecular weight is 452 g/mol. The molecule has 31 heavy (non-hydrogen) atoms. The van der Waals surface area contributed by atoms with Crippen molar-refractivity contribution in [1.29, 1.82) is 0 Å². The van der Waals surface area contributed by atoms with E-state index in [2.05, 4.69) is 23.7 Å². The number of benzene rings is 3. The van der Waals surface area contributed by atoms with E-state index in [1.165, 1.54) is 0 Å². The summed E-state index contributed by atoms with van der Waals surface area (Å²) in [6, 6.07) is 22.6. The maximum atomic E-state index is 12.9. The van der Waals surface area contributed by atoms with Crippen LogP contribution in [0.15, 0.2) is 72.8 Å². The van der Waals surface area contributed by atoms with Gasteiger partial charge in [-0.25, -0.2) is 4.98 Å². The molecule has 1 amide bonds. The molecule has 6 heteroatoms. The van der Waals surface area contributed by atoms with Gasteiger partial charge in [0, 0.05) is 12.1 Å². The highest BCUT2D eigenvalue weighted by atomic mass is 35.5. The number of carbonyl (C=O) groups excluding carboxylic acids is 1. The van der Waals surface area contributed by atoms with Gasteiger partial charge in [0.15, 0.2) is 0 Å².